The van der Waals surface area contributed by atoms with Crippen molar-refractivity contribution < 1.29 is 18.3 Å². The summed E-state index contributed by atoms with van der Waals surface area (Å²) in [6.07, 6.45) is -1.67. The molecule has 2 bridgehead atoms. The zero-order valence-electron chi connectivity index (χ0n) is 12.2. The highest BCUT2D eigenvalue weighted by Crippen LogP contribution is 2.44. The van der Waals surface area contributed by atoms with Crippen molar-refractivity contribution in [1.29, 1.82) is 5.26 Å². The van der Waals surface area contributed by atoms with Crippen molar-refractivity contribution in [3.8, 4) is 6.07 Å². The monoisotopic (exact) mass is 310 g/mol. The molecular formula is C16H17F3N2O. The van der Waals surface area contributed by atoms with Gasteiger partial charge < -0.3 is 10.0 Å². The van der Waals surface area contributed by atoms with Crippen molar-refractivity contribution in [2.75, 3.05) is 4.90 Å². The molecule has 0 radical (unpaired) electrons. The van der Waals surface area contributed by atoms with Crippen molar-refractivity contribution in [2.45, 2.75) is 56.5 Å². The Morgan fingerprint density at radius 2 is 1.86 bits per heavy atom. The molecule has 118 valence electrons. The molecule has 0 aliphatic carbocycles. The number of piperidine rings is 1. The third-order valence-corrected chi connectivity index (χ3v) is 4.70. The molecule has 0 spiro atoms. The molecule has 2 fully saturated rings. The zero-order chi connectivity index (χ0) is 16.1. The number of nitrogens with zero attached hydrogens (tertiary/aromatic N) is 2. The fourth-order valence-electron chi connectivity index (χ4n) is 3.91. The molecule has 2 atom stereocenters. The van der Waals surface area contributed by atoms with Crippen molar-refractivity contribution in [2.24, 2.45) is 0 Å². The molecule has 2 aliphatic heterocycles. The van der Waals surface area contributed by atoms with Crippen LogP contribution in [0.5, 0.6) is 0 Å². The van der Waals surface area contributed by atoms with Gasteiger partial charge in [-0.1, -0.05) is 0 Å². The molecule has 2 saturated heterocycles. The number of fused-ring (bicyclic) bond motifs is 2. The van der Waals surface area contributed by atoms with E-state index in [4.69, 9.17) is 5.26 Å². The minimum Gasteiger partial charge on any atom is -0.390 e. The quantitative estimate of drug-likeness (QED) is 0.864. The van der Waals surface area contributed by atoms with E-state index in [1.807, 2.05) is 4.90 Å². The minimum atomic E-state index is -4.54. The Morgan fingerprint density at radius 1 is 1.27 bits per heavy atom. The lowest BCUT2D eigenvalue weighted by Gasteiger charge is -2.43. The number of halogens is 3. The van der Waals surface area contributed by atoms with Crippen molar-refractivity contribution >= 4 is 5.69 Å². The van der Waals surface area contributed by atoms with Crippen LogP contribution < -0.4 is 4.90 Å². The van der Waals surface area contributed by atoms with E-state index < -0.39 is 17.3 Å². The summed E-state index contributed by atoms with van der Waals surface area (Å²) in [6.45, 7) is 1.79. The van der Waals surface area contributed by atoms with Crippen LogP contribution in [-0.2, 0) is 6.18 Å². The fourth-order valence-corrected chi connectivity index (χ4v) is 3.91. The van der Waals surface area contributed by atoms with Gasteiger partial charge in [-0.15, -0.1) is 0 Å². The smallest absolute Gasteiger partial charge is 0.390 e. The van der Waals surface area contributed by atoms with Crippen molar-refractivity contribution in [3.05, 3.63) is 29.3 Å². The van der Waals surface area contributed by atoms with Crippen LogP contribution in [0.3, 0.4) is 0 Å². The maximum Gasteiger partial charge on any atom is 0.417 e. The highest BCUT2D eigenvalue weighted by atomic mass is 19.4. The molecule has 0 amide bonds. The lowest BCUT2D eigenvalue weighted by molar-refractivity contribution is -0.137. The number of hydrogen-bond acceptors (Lipinski definition) is 3. The van der Waals surface area contributed by atoms with Crippen LogP contribution in [0.15, 0.2) is 18.2 Å². The fraction of sp³-hybridized carbons (Fsp3) is 0.562. The average molecular weight is 310 g/mol. The van der Waals surface area contributed by atoms with E-state index in [1.165, 1.54) is 6.07 Å². The van der Waals surface area contributed by atoms with Gasteiger partial charge in [0.15, 0.2) is 0 Å². The third-order valence-electron chi connectivity index (χ3n) is 4.70. The second-order valence-electron chi connectivity index (χ2n) is 6.54. The Labute approximate surface area is 127 Å². The van der Waals surface area contributed by atoms with Crippen LogP contribution in [-0.4, -0.2) is 22.8 Å². The minimum absolute atomic E-state index is 0.0581. The lowest BCUT2D eigenvalue weighted by Crippen LogP contribution is -2.49. The van der Waals surface area contributed by atoms with Crippen molar-refractivity contribution in [3.63, 3.8) is 0 Å². The SMILES string of the molecule is CC1(O)C[C@@H]2CC[C@@H](C1)N2c1ccc(C#N)c(C(F)(F)F)c1. The van der Waals surface area contributed by atoms with E-state index in [9.17, 15) is 18.3 Å². The first-order valence-corrected chi connectivity index (χ1v) is 7.33. The molecule has 0 aromatic heterocycles. The highest BCUT2D eigenvalue weighted by molar-refractivity contribution is 5.57. The molecule has 2 aliphatic rings. The van der Waals surface area contributed by atoms with E-state index in [0.717, 1.165) is 18.9 Å². The summed E-state index contributed by atoms with van der Waals surface area (Å²) in [5.41, 5.74) is -1.49. The number of benzene rings is 1. The summed E-state index contributed by atoms with van der Waals surface area (Å²) in [6, 6.07) is 5.62. The first-order valence-electron chi connectivity index (χ1n) is 7.33. The van der Waals surface area contributed by atoms with Crippen LogP contribution in [0.4, 0.5) is 18.9 Å². The summed E-state index contributed by atoms with van der Waals surface area (Å²) in [5, 5.41) is 19.1. The van der Waals surface area contributed by atoms with E-state index >= 15 is 0 Å². The number of hydrogen-bond donors (Lipinski definition) is 1. The average Bonchev–Trinajstić information content (AvgIpc) is 2.70. The number of nitriles is 1. The van der Waals surface area contributed by atoms with Crippen LogP contribution in [0.1, 0.15) is 43.7 Å². The Hall–Kier alpha value is -1.74. The standard InChI is InChI=1S/C16H17F3N2O/c1-15(22)7-12-4-5-13(8-15)21(12)11-3-2-10(9-20)14(6-11)16(17,18)19/h2-3,6,12-13,22H,4-5,7-8H2,1H3/t12-,13-/m0/s1. The zero-order valence-corrected chi connectivity index (χ0v) is 12.2. The van der Waals surface area contributed by atoms with Gasteiger partial charge in [0, 0.05) is 17.8 Å². The Kier molecular flexibility index (Phi) is 3.37. The van der Waals surface area contributed by atoms with E-state index in [-0.39, 0.29) is 17.6 Å². The number of rotatable bonds is 1. The molecule has 0 unspecified atom stereocenters. The molecule has 1 aromatic rings. The van der Waals surface area contributed by atoms with Gasteiger partial charge in [-0.3, -0.25) is 0 Å². The Bertz CT molecular complexity index is 617. The molecule has 2 heterocycles. The topological polar surface area (TPSA) is 47.3 Å². The van der Waals surface area contributed by atoms with Gasteiger partial charge in [0.25, 0.3) is 0 Å². The van der Waals surface area contributed by atoms with Gasteiger partial charge in [0.1, 0.15) is 0 Å². The second-order valence-corrected chi connectivity index (χ2v) is 6.54. The van der Waals surface area contributed by atoms with E-state index in [1.54, 1.807) is 19.1 Å². The third kappa shape index (κ3) is 2.54. The van der Waals surface area contributed by atoms with Gasteiger partial charge in [-0.25, -0.2) is 0 Å². The number of aliphatic hydroxyl groups is 1. The molecule has 6 heteroatoms. The summed E-state index contributed by atoms with van der Waals surface area (Å²) in [5.74, 6) is 0. The summed E-state index contributed by atoms with van der Waals surface area (Å²) in [7, 11) is 0. The molecule has 22 heavy (non-hydrogen) atoms. The largest absolute Gasteiger partial charge is 0.417 e. The summed E-state index contributed by atoms with van der Waals surface area (Å²) >= 11 is 0. The predicted octanol–water partition coefficient (Wildman–Crippen LogP) is 3.46. The Balaban J connectivity index is 1.99. The Morgan fingerprint density at radius 3 is 2.36 bits per heavy atom. The van der Waals surface area contributed by atoms with Gasteiger partial charge in [-0.2, -0.15) is 18.4 Å². The predicted molar refractivity (Wildman–Crippen MR) is 75.3 cm³/mol. The first-order chi connectivity index (χ1) is 10.2. The second kappa shape index (κ2) is 4.88. The van der Waals surface area contributed by atoms with Crippen LogP contribution in [0, 0.1) is 11.3 Å². The highest BCUT2D eigenvalue weighted by Gasteiger charge is 2.46. The normalized spacial score (nSPS) is 31.2. The van der Waals surface area contributed by atoms with Crippen LogP contribution in [0.25, 0.3) is 0 Å². The van der Waals surface area contributed by atoms with Crippen molar-refractivity contribution in [1.82, 2.24) is 0 Å². The van der Waals surface area contributed by atoms with Gasteiger partial charge in [0.05, 0.1) is 22.8 Å². The summed E-state index contributed by atoms with van der Waals surface area (Å²) < 4.78 is 39.3. The molecule has 3 rings (SSSR count). The molecule has 3 nitrogen and oxygen atoms in total. The maximum absolute atomic E-state index is 13.1. The van der Waals surface area contributed by atoms with Crippen LogP contribution >= 0.6 is 0 Å². The maximum atomic E-state index is 13.1. The molecule has 1 N–H and O–H groups in total. The van der Waals surface area contributed by atoms with E-state index in [0.29, 0.717) is 18.5 Å². The number of alkyl halides is 3. The van der Waals surface area contributed by atoms with Gasteiger partial charge >= 0.3 is 6.18 Å². The lowest BCUT2D eigenvalue weighted by atomic mass is 9.87. The van der Waals surface area contributed by atoms with Gasteiger partial charge in [0.2, 0.25) is 0 Å². The van der Waals surface area contributed by atoms with Gasteiger partial charge in [-0.05, 0) is 50.8 Å². The molecule has 1 aromatic carbocycles. The number of anilines is 1. The van der Waals surface area contributed by atoms with Crippen LogP contribution in [0.2, 0.25) is 0 Å². The molecule has 0 saturated carbocycles. The summed E-state index contributed by atoms with van der Waals surface area (Å²) in [4.78, 5) is 1.99. The first kappa shape index (κ1) is 15.2. The molecular weight excluding hydrogens is 293 g/mol. The van der Waals surface area contributed by atoms with E-state index in [2.05, 4.69) is 0 Å².